The molecule has 0 aliphatic carbocycles. The van der Waals surface area contributed by atoms with Crippen molar-refractivity contribution in [2.75, 3.05) is 26.2 Å². The molecule has 0 bridgehead atoms. The molecule has 0 atom stereocenters. The largest absolute Gasteiger partial charge is 0.468 e. The van der Waals surface area contributed by atoms with Gasteiger partial charge in [-0.25, -0.2) is 4.39 Å². The van der Waals surface area contributed by atoms with Gasteiger partial charge in [0, 0.05) is 26.2 Å². The van der Waals surface area contributed by atoms with Crippen LogP contribution >= 0.6 is 11.6 Å². The van der Waals surface area contributed by atoms with Gasteiger partial charge in [0.05, 0.1) is 29.0 Å². The van der Waals surface area contributed by atoms with E-state index < -0.39 is 34.1 Å². The van der Waals surface area contributed by atoms with Crippen LogP contribution in [0.4, 0.5) is 17.6 Å². The number of rotatable bonds is 3. The minimum absolute atomic E-state index is 0.271. The van der Waals surface area contributed by atoms with E-state index in [4.69, 9.17) is 16.0 Å². The molecule has 0 spiro atoms. The molecule has 0 unspecified atom stereocenters. The van der Waals surface area contributed by atoms with Gasteiger partial charge in [-0.2, -0.15) is 13.2 Å². The van der Waals surface area contributed by atoms with E-state index in [2.05, 4.69) is 4.90 Å². The van der Waals surface area contributed by atoms with Crippen molar-refractivity contribution in [3.63, 3.8) is 0 Å². The lowest BCUT2D eigenvalue weighted by atomic mass is 10.1. The maximum Gasteiger partial charge on any atom is 0.416 e. The number of carbonyl (C=O) groups excluding carboxylic acids is 1. The lowest BCUT2D eigenvalue weighted by Crippen LogP contribution is -2.35. The van der Waals surface area contributed by atoms with Crippen LogP contribution in [0, 0.1) is 5.82 Å². The highest BCUT2D eigenvalue weighted by molar-refractivity contribution is 6.31. The summed E-state index contributed by atoms with van der Waals surface area (Å²) in [5.74, 6) is -1.14. The fourth-order valence-corrected chi connectivity index (χ4v) is 3.25. The second-order valence-corrected chi connectivity index (χ2v) is 6.73. The third-order valence-electron chi connectivity index (χ3n) is 4.42. The zero-order chi connectivity index (χ0) is 19.6. The normalized spacial score (nSPS) is 16.4. The van der Waals surface area contributed by atoms with Gasteiger partial charge in [-0.15, -0.1) is 0 Å². The van der Waals surface area contributed by atoms with Gasteiger partial charge in [-0.3, -0.25) is 9.69 Å². The highest BCUT2D eigenvalue weighted by atomic mass is 35.5. The molecule has 27 heavy (non-hydrogen) atoms. The van der Waals surface area contributed by atoms with Gasteiger partial charge >= 0.3 is 6.18 Å². The fraction of sp³-hybridized carbons (Fsp3) is 0.389. The molecule has 1 aliphatic rings. The van der Waals surface area contributed by atoms with Crippen molar-refractivity contribution in [1.29, 1.82) is 0 Å². The molecule has 0 radical (unpaired) electrons. The molecule has 1 saturated heterocycles. The molecule has 2 aromatic rings. The molecule has 4 nitrogen and oxygen atoms in total. The van der Waals surface area contributed by atoms with Gasteiger partial charge in [0.2, 0.25) is 0 Å². The van der Waals surface area contributed by atoms with Gasteiger partial charge in [-0.05, 0) is 30.7 Å². The number of benzene rings is 1. The zero-order valence-corrected chi connectivity index (χ0v) is 15.0. The monoisotopic (exact) mass is 404 g/mol. The number of alkyl halides is 3. The summed E-state index contributed by atoms with van der Waals surface area (Å²) in [7, 11) is 0. The van der Waals surface area contributed by atoms with E-state index in [9.17, 15) is 22.4 Å². The first-order valence-corrected chi connectivity index (χ1v) is 8.74. The number of carbonyl (C=O) groups is 1. The van der Waals surface area contributed by atoms with E-state index >= 15 is 0 Å². The van der Waals surface area contributed by atoms with Gasteiger partial charge in [0.1, 0.15) is 5.76 Å². The Labute approximate surface area is 158 Å². The topological polar surface area (TPSA) is 36.7 Å². The van der Waals surface area contributed by atoms with Gasteiger partial charge in [-0.1, -0.05) is 11.6 Å². The Hall–Kier alpha value is -2.06. The Morgan fingerprint density at radius 3 is 2.63 bits per heavy atom. The van der Waals surface area contributed by atoms with Crippen molar-refractivity contribution in [2.24, 2.45) is 0 Å². The van der Waals surface area contributed by atoms with E-state index in [0.29, 0.717) is 44.7 Å². The quantitative estimate of drug-likeness (QED) is 0.710. The van der Waals surface area contributed by atoms with Crippen molar-refractivity contribution in [2.45, 2.75) is 19.1 Å². The summed E-state index contributed by atoms with van der Waals surface area (Å²) in [6.45, 7) is 2.35. The summed E-state index contributed by atoms with van der Waals surface area (Å²) >= 11 is 5.58. The van der Waals surface area contributed by atoms with Crippen molar-refractivity contribution in [3.05, 3.63) is 58.3 Å². The van der Waals surface area contributed by atoms with Crippen LogP contribution in [0.5, 0.6) is 0 Å². The summed E-state index contributed by atoms with van der Waals surface area (Å²) in [4.78, 5) is 16.1. The van der Waals surface area contributed by atoms with Crippen LogP contribution in [0.25, 0.3) is 0 Å². The number of halogens is 5. The smallest absolute Gasteiger partial charge is 0.416 e. The third-order valence-corrected chi connectivity index (χ3v) is 4.70. The highest BCUT2D eigenvalue weighted by Crippen LogP contribution is 2.34. The second kappa shape index (κ2) is 7.90. The van der Waals surface area contributed by atoms with Gasteiger partial charge < -0.3 is 9.32 Å². The van der Waals surface area contributed by atoms with Crippen LogP contribution in [-0.4, -0.2) is 41.9 Å². The Balaban J connectivity index is 1.75. The zero-order valence-electron chi connectivity index (χ0n) is 14.2. The van der Waals surface area contributed by atoms with Crippen molar-refractivity contribution < 1.29 is 26.8 Å². The number of amides is 1. The molecule has 146 valence electrons. The molecular formula is C18H17ClF4N2O2. The standard InChI is InChI=1S/C18H17ClF4N2O2/c19-15-10-12(18(21,22)23)9-14(16(15)20)17(26)25-5-2-4-24(6-7-25)11-13-3-1-8-27-13/h1,3,8-10H,2,4-7,11H2. The molecule has 1 aromatic heterocycles. The molecule has 0 N–H and O–H groups in total. The first-order valence-electron chi connectivity index (χ1n) is 8.36. The molecule has 1 amide bonds. The number of hydrogen-bond acceptors (Lipinski definition) is 3. The summed E-state index contributed by atoms with van der Waals surface area (Å²) in [5.41, 5.74) is -1.80. The number of furan rings is 1. The van der Waals surface area contributed by atoms with Gasteiger partial charge in [0.25, 0.3) is 5.91 Å². The van der Waals surface area contributed by atoms with E-state index in [1.54, 1.807) is 12.3 Å². The first kappa shape index (κ1) is 19.7. The minimum Gasteiger partial charge on any atom is -0.468 e. The van der Waals surface area contributed by atoms with E-state index in [1.165, 1.54) is 4.90 Å². The average molecular weight is 405 g/mol. The molecular weight excluding hydrogens is 388 g/mol. The molecule has 9 heteroatoms. The lowest BCUT2D eigenvalue weighted by Gasteiger charge is -2.22. The third kappa shape index (κ3) is 4.62. The molecule has 1 aliphatic heterocycles. The summed E-state index contributed by atoms with van der Waals surface area (Å²) in [6.07, 6.45) is -2.53. The SMILES string of the molecule is O=C(c1cc(C(F)(F)F)cc(Cl)c1F)N1CCCN(Cc2ccco2)CC1. The maximum absolute atomic E-state index is 14.2. The minimum atomic E-state index is -4.72. The fourth-order valence-electron chi connectivity index (χ4n) is 3.03. The summed E-state index contributed by atoms with van der Waals surface area (Å²) in [6, 6.07) is 4.63. The van der Waals surface area contributed by atoms with Crippen molar-refractivity contribution >= 4 is 17.5 Å². The van der Waals surface area contributed by atoms with Crippen LogP contribution in [0.2, 0.25) is 5.02 Å². The van der Waals surface area contributed by atoms with Crippen LogP contribution < -0.4 is 0 Å². The van der Waals surface area contributed by atoms with Crippen LogP contribution in [0.3, 0.4) is 0 Å². The maximum atomic E-state index is 14.2. The second-order valence-electron chi connectivity index (χ2n) is 6.32. The molecule has 3 rings (SSSR count). The van der Waals surface area contributed by atoms with Crippen LogP contribution in [0.15, 0.2) is 34.9 Å². The number of hydrogen-bond donors (Lipinski definition) is 0. The average Bonchev–Trinajstić information content (AvgIpc) is 3.00. The summed E-state index contributed by atoms with van der Waals surface area (Å²) in [5, 5.41) is -0.720. The number of nitrogens with zero attached hydrogens (tertiary/aromatic N) is 2. The van der Waals surface area contributed by atoms with Crippen molar-refractivity contribution in [3.8, 4) is 0 Å². The van der Waals surface area contributed by atoms with Crippen molar-refractivity contribution in [1.82, 2.24) is 9.80 Å². The first-order chi connectivity index (χ1) is 12.8. The van der Waals surface area contributed by atoms with Crippen LogP contribution in [-0.2, 0) is 12.7 Å². The molecule has 0 saturated carbocycles. The Morgan fingerprint density at radius 1 is 1.19 bits per heavy atom. The summed E-state index contributed by atoms with van der Waals surface area (Å²) < 4.78 is 58.4. The Bertz CT molecular complexity index is 808. The van der Waals surface area contributed by atoms with Crippen LogP contribution in [0.1, 0.15) is 28.1 Å². The highest BCUT2D eigenvalue weighted by Gasteiger charge is 2.34. The predicted molar refractivity (Wildman–Crippen MR) is 90.9 cm³/mol. The predicted octanol–water partition coefficient (Wildman–Crippen LogP) is 4.44. The van der Waals surface area contributed by atoms with E-state index in [1.807, 2.05) is 6.07 Å². The van der Waals surface area contributed by atoms with E-state index in [0.717, 1.165) is 5.76 Å². The Morgan fingerprint density at radius 2 is 1.96 bits per heavy atom. The lowest BCUT2D eigenvalue weighted by molar-refractivity contribution is -0.137. The van der Waals surface area contributed by atoms with Gasteiger partial charge in [0.15, 0.2) is 5.82 Å². The molecule has 1 aromatic carbocycles. The molecule has 2 heterocycles. The molecule has 1 fully saturated rings. The Kier molecular flexibility index (Phi) is 5.76. The van der Waals surface area contributed by atoms with E-state index in [-0.39, 0.29) is 6.54 Å².